The molecular weight excluding hydrogens is 200 g/mol. The summed E-state index contributed by atoms with van der Waals surface area (Å²) in [6.07, 6.45) is 3.54. The predicted octanol–water partition coefficient (Wildman–Crippen LogP) is 0.801. The highest BCUT2D eigenvalue weighted by molar-refractivity contribution is 5.29. The van der Waals surface area contributed by atoms with Crippen molar-refractivity contribution < 1.29 is 0 Å². The lowest BCUT2D eigenvalue weighted by Crippen LogP contribution is -2.29. The van der Waals surface area contributed by atoms with Gasteiger partial charge in [0.2, 0.25) is 0 Å². The molecule has 16 heavy (non-hydrogen) atoms. The smallest absolute Gasteiger partial charge is 0.132 e. The molecule has 1 fully saturated rings. The average Bonchev–Trinajstić information content (AvgIpc) is 3.10. The van der Waals surface area contributed by atoms with Crippen LogP contribution in [0.5, 0.6) is 0 Å². The van der Waals surface area contributed by atoms with Crippen LogP contribution in [-0.4, -0.2) is 28.5 Å². The summed E-state index contributed by atoms with van der Waals surface area (Å²) in [7, 11) is 2.14. The fraction of sp³-hybridized carbons (Fsp3) is 0.667. The lowest BCUT2D eigenvalue weighted by atomic mass is 10.0. The highest BCUT2D eigenvalue weighted by atomic mass is 15.1. The molecule has 3 rings (SSSR count). The Morgan fingerprint density at radius 3 is 2.88 bits per heavy atom. The van der Waals surface area contributed by atoms with Crippen LogP contribution in [-0.2, 0) is 19.5 Å². The molecular formula is C12H18N4. The second-order valence-electron chi connectivity index (χ2n) is 4.92. The molecule has 2 N–H and O–H groups in total. The lowest BCUT2D eigenvalue weighted by molar-refractivity contribution is 0.305. The molecule has 0 amide bonds. The number of fused-ring (bicyclic) bond motifs is 1. The molecule has 2 aliphatic rings. The highest BCUT2D eigenvalue weighted by Gasteiger charge is 2.29. The molecule has 1 aliphatic heterocycles. The Morgan fingerprint density at radius 2 is 2.19 bits per heavy atom. The van der Waals surface area contributed by atoms with Crippen LogP contribution in [0.3, 0.4) is 0 Å². The van der Waals surface area contributed by atoms with Gasteiger partial charge in [-0.15, -0.1) is 0 Å². The van der Waals surface area contributed by atoms with E-state index in [1.165, 1.54) is 24.1 Å². The maximum Gasteiger partial charge on any atom is 0.132 e. The number of likely N-dealkylation sites (N-methyl/N-ethyl adjacent to an activating group) is 1. The van der Waals surface area contributed by atoms with Crippen molar-refractivity contribution in [2.45, 2.75) is 38.3 Å². The Balaban J connectivity index is 2.04. The fourth-order valence-corrected chi connectivity index (χ4v) is 2.35. The summed E-state index contributed by atoms with van der Waals surface area (Å²) in [5, 5.41) is 0. The number of rotatable bonds is 2. The molecule has 0 aromatic carbocycles. The minimum Gasteiger partial charge on any atom is -0.325 e. The van der Waals surface area contributed by atoms with Gasteiger partial charge in [0.15, 0.2) is 0 Å². The third kappa shape index (κ3) is 1.72. The van der Waals surface area contributed by atoms with Crippen molar-refractivity contribution in [3.05, 3.63) is 22.8 Å². The zero-order chi connectivity index (χ0) is 11.1. The van der Waals surface area contributed by atoms with Gasteiger partial charge in [0, 0.05) is 25.6 Å². The van der Waals surface area contributed by atoms with Crippen molar-refractivity contribution >= 4 is 0 Å². The number of aromatic nitrogens is 2. The third-order valence-corrected chi connectivity index (χ3v) is 3.49. The van der Waals surface area contributed by atoms with Gasteiger partial charge in [-0.2, -0.15) is 0 Å². The molecule has 0 saturated heterocycles. The highest BCUT2D eigenvalue weighted by Crippen LogP contribution is 2.38. The van der Waals surface area contributed by atoms with E-state index in [4.69, 9.17) is 10.7 Å². The van der Waals surface area contributed by atoms with Crippen LogP contribution in [0.15, 0.2) is 0 Å². The molecule has 0 atom stereocenters. The molecule has 1 aliphatic carbocycles. The van der Waals surface area contributed by atoms with E-state index in [0.717, 1.165) is 31.0 Å². The second kappa shape index (κ2) is 3.79. The number of nitrogens with zero attached hydrogens (tertiary/aromatic N) is 3. The lowest BCUT2D eigenvalue weighted by Gasteiger charge is -2.25. The summed E-state index contributed by atoms with van der Waals surface area (Å²) in [5.74, 6) is 1.65. The quantitative estimate of drug-likeness (QED) is 0.797. The van der Waals surface area contributed by atoms with Gasteiger partial charge in [-0.1, -0.05) is 0 Å². The van der Waals surface area contributed by atoms with E-state index in [-0.39, 0.29) is 0 Å². The zero-order valence-electron chi connectivity index (χ0n) is 9.74. The van der Waals surface area contributed by atoms with Crippen LogP contribution in [0.25, 0.3) is 0 Å². The molecule has 0 spiro atoms. The summed E-state index contributed by atoms with van der Waals surface area (Å²) in [5.41, 5.74) is 9.40. The molecule has 1 aromatic rings. The van der Waals surface area contributed by atoms with E-state index in [1.54, 1.807) is 0 Å². The number of hydrogen-bond donors (Lipinski definition) is 1. The summed E-state index contributed by atoms with van der Waals surface area (Å²) < 4.78 is 0. The molecule has 4 nitrogen and oxygen atoms in total. The van der Waals surface area contributed by atoms with Crippen molar-refractivity contribution in [2.24, 2.45) is 5.73 Å². The predicted molar refractivity (Wildman–Crippen MR) is 61.9 cm³/mol. The first-order valence-corrected chi connectivity index (χ1v) is 6.05. The van der Waals surface area contributed by atoms with Crippen LogP contribution < -0.4 is 5.73 Å². The topological polar surface area (TPSA) is 55.0 Å². The molecule has 4 heteroatoms. The Hall–Kier alpha value is -1.00. The molecule has 0 bridgehead atoms. The van der Waals surface area contributed by atoms with Gasteiger partial charge < -0.3 is 10.6 Å². The van der Waals surface area contributed by atoms with E-state index in [1.807, 2.05) is 0 Å². The standard InChI is InChI=1S/C12H18N4/c1-16-5-4-9-10(6-13)14-12(8-2-3-8)15-11(9)7-16/h8H,2-7,13H2,1H3. The Bertz CT molecular complexity index is 412. The Kier molecular flexibility index (Phi) is 2.41. The van der Waals surface area contributed by atoms with E-state index in [2.05, 4.69) is 16.9 Å². The van der Waals surface area contributed by atoms with E-state index >= 15 is 0 Å². The third-order valence-electron chi connectivity index (χ3n) is 3.49. The van der Waals surface area contributed by atoms with Gasteiger partial charge in [-0.3, -0.25) is 0 Å². The van der Waals surface area contributed by atoms with Gasteiger partial charge >= 0.3 is 0 Å². The summed E-state index contributed by atoms with van der Waals surface area (Å²) in [6, 6.07) is 0. The molecule has 2 heterocycles. The van der Waals surface area contributed by atoms with Crippen LogP contribution in [0, 0.1) is 0 Å². The Labute approximate surface area is 95.9 Å². The van der Waals surface area contributed by atoms with E-state index < -0.39 is 0 Å². The van der Waals surface area contributed by atoms with Gasteiger partial charge in [0.1, 0.15) is 5.82 Å². The molecule has 0 radical (unpaired) electrons. The first-order chi connectivity index (χ1) is 7.78. The maximum atomic E-state index is 5.79. The average molecular weight is 218 g/mol. The maximum absolute atomic E-state index is 5.79. The fourth-order valence-electron chi connectivity index (χ4n) is 2.35. The summed E-state index contributed by atoms with van der Waals surface area (Å²) in [6.45, 7) is 2.59. The normalized spacial score (nSPS) is 20.9. The second-order valence-corrected chi connectivity index (χ2v) is 4.92. The molecule has 1 saturated carbocycles. The minimum atomic E-state index is 0.550. The van der Waals surface area contributed by atoms with Gasteiger partial charge in [-0.05, 0) is 31.9 Å². The first kappa shape index (κ1) is 10.2. The van der Waals surface area contributed by atoms with Gasteiger partial charge in [-0.25, -0.2) is 9.97 Å². The summed E-state index contributed by atoms with van der Waals surface area (Å²) in [4.78, 5) is 11.7. The van der Waals surface area contributed by atoms with Gasteiger partial charge in [0.25, 0.3) is 0 Å². The minimum absolute atomic E-state index is 0.550. The van der Waals surface area contributed by atoms with Crippen LogP contribution in [0.2, 0.25) is 0 Å². The van der Waals surface area contributed by atoms with Crippen molar-refractivity contribution in [1.29, 1.82) is 0 Å². The first-order valence-electron chi connectivity index (χ1n) is 6.05. The van der Waals surface area contributed by atoms with Crippen molar-refractivity contribution in [1.82, 2.24) is 14.9 Å². The monoisotopic (exact) mass is 218 g/mol. The SMILES string of the molecule is CN1CCc2c(CN)nc(C3CC3)nc2C1. The van der Waals surface area contributed by atoms with Crippen molar-refractivity contribution in [3.63, 3.8) is 0 Å². The number of hydrogen-bond acceptors (Lipinski definition) is 4. The van der Waals surface area contributed by atoms with E-state index in [9.17, 15) is 0 Å². The van der Waals surface area contributed by atoms with Crippen molar-refractivity contribution in [3.8, 4) is 0 Å². The van der Waals surface area contributed by atoms with Crippen LogP contribution >= 0.6 is 0 Å². The zero-order valence-corrected chi connectivity index (χ0v) is 9.74. The van der Waals surface area contributed by atoms with Crippen molar-refractivity contribution in [2.75, 3.05) is 13.6 Å². The van der Waals surface area contributed by atoms with Crippen LogP contribution in [0.1, 0.15) is 41.5 Å². The largest absolute Gasteiger partial charge is 0.325 e. The summed E-state index contributed by atoms with van der Waals surface area (Å²) >= 11 is 0. The van der Waals surface area contributed by atoms with E-state index in [0.29, 0.717) is 12.5 Å². The molecule has 1 aromatic heterocycles. The van der Waals surface area contributed by atoms with Gasteiger partial charge in [0.05, 0.1) is 11.4 Å². The molecule has 0 unspecified atom stereocenters. The Morgan fingerprint density at radius 1 is 1.38 bits per heavy atom. The number of nitrogens with two attached hydrogens (primary N) is 1. The molecule has 86 valence electrons. The van der Waals surface area contributed by atoms with Crippen LogP contribution in [0.4, 0.5) is 0 Å².